The molecule has 2 aromatic rings. The van der Waals surface area contributed by atoms with Crippen molar-refractivity contribution in [1.82, 2.24) is 20.1 Å². The predicted molar refractivity (Wildman–Crippen MR) is 130 cm³/mol. The van der Waals surface area contributed by atoms with Crippen LogP contribution >= 0.6 is 0 Å². The van der Waals surface area contributed by atoms with E-state index >= 15 is 0 Å². The summed E-state index contributed by atoms with van der Waals surface area (Å²) in [6, 6.07) is -0.146. The molecule has 0 bridgehead atoms. The van der Waals surface area contributed by atoms with Gasteiger partial charge in [0.25, 0.3) is 5.56 Å². The number of piperazine rings is 1. The number of hydrogen-bond acceptors (Lipinski definition) is 8. The molecule has 40 heavy (non-hydrogen) atoms. The number of alkyl halides is 6. The Hall–Kier alpha value is -3.40. The van der Waals surface area contributed by atoms with Crippen molar-refractivity contribution in [3.05, 3.63) is 45.5 Å². The number of aromatic nitrogens is 3. The van der Waals surface area contributed by atoms with Gasteiger partial charge in [0.15, 0.2) is 0 Å². The number of fused-ring (bicyclic) bond motifs is 3. The lowest BCUT2D eigenvalue weighted by molar-refractivity contribution is -0.138. The number of H-pyrrole nitrogens is 1. The summed E-state index contributed by atoms with van der Waals surface area (Å²) in [6.07, 6.45) is -7.72. The highest BCUT2D eigenvalue weighted by Crippen LogP contribution is 2.35. The molecule has 0 spiro atoms. The first-order valence-corrected chi connectivity index (χ1v) is 12.4. The number of carbonyl (C=O) groups excluding carboxylic acids is 1. The zero-order chi connectivity index (χ0) is 29.2. The van der Waals surface area contributed by atoms with E-state index in [1.165, 1.54) is 0 Å². The van der Waals surface area contributed by atoms with Gasteiger partial charge in [0, 0.05) is 36.9 Å². The molecule has 2 aromatic heterocycles. The van der Waals surface area contributed by atoms with Crippen molar-refractivity contribution in [3.8, 4) is 0 Å². The molecule has 0 saturated carbocycles. The number of ether oxygens (including phenoxy) is 2. The van der Waals surface area contributed by atoms with Crippen molar-refractivity contribution in [3.63, 3.8) is 0 Å². The number of pyridine rings is 1. The number of aromatic amines is 1. The fraction of sp³-hybridized carbons (Fsp3) is 0.583. The molecule has 1 amide bonds. The van der Waals surface area contributed by atoms with Crippen LogP contribution in [0.3, 0.4) is 0 Å². The molecule has 1 saturated heterocycles. The van der Waals surface area contributed by atoms with Crippen LogP contribution in [0.1, 0.15) is 37.0 Å². The molecule has 16 heteroatoms. The summed E-state index contributed by atoms with van der Waals surface area (Å²) >= 11 is 0. The van der Waals surface area contributed by atoms with Crippen LogP contribution in [0.4, 0.5) is 37.8 Å². The second-order valence-electron chi connectivity index (χ2n) is 9.78. The van der Waals surface area contributed by atoms with Gasteiger partial charge < -0.3 is 24.6 Å². The Morgan fingerprint density at radius 3 is 2.67 bits per heavy atom. The minimum atomic E-state index is -4.88. The average molecular weight is 579 g/mol. The number of amides is 1. The molecule has 10 nitrogen and oxygen atoms in total. The van der Waals surface area contributed by atoms with Crippen LogP contribution in [0.25, 0.3) is 0 Å². The van der Waals surface area contributed by atoms with Crippen molar-refractivity contribution in [1.29, 1.82) is 0 Å². The number of rotatable bonds is 7. The summed E-state index contributed by atoms with van der Waals surface area (Å²) < 4.78 is 90.2. The Balaban J connectivity index is 1.30. The lowest BCUT2D eigenvalue weighted by Gasteiger charge is -2.45. The highest BCUT2D eigenvalue weighted by molar-refractivity contribution is 5.77. The summed E-state index contributed by atoms with van der Waals surface area (Å²) in [5.41, 5.74) is -3.76. The van der Waals surface area contributed by atoms with Gasteiger partial charge in [0.2, 0.25) is 5.91 Å². The van der Waals surface area contributed by atoms with Crippen molar-refractivity contribution in [2.24, 2.45) is 0 Å². The van der Waals surface area contributed by atoms with Gasteiger partial charge in [-0.05, 0) is 19.9 Å². The molecule has 2 N–H and O–H groups in total. The number of anilines is 2. The van der Waals surface area contributed by atoms with E-state index in [0.29, 0.717) is 17.9 Å². The number of nitrogens with zero attached hydrogens (tertiary/aromatic N) is 4. The van der Waals surface area contributed by atoms with Crippen LogP contribution in [-0.2, 0) is 33.2 Å². The fourth-order valence-electron chi connectivity index (χ4n) is 4.88. The monoisotopic (exact) mass is 578 g/mol. The van der Waals surface area contributed by atoms with Gasteiger partial charge in [0.05, 0.1) is 56.3 Å². The standard InChI is InChI=1S/C24H28F6N6O4/c1-13(33-18-7-32-34-22(38)20(18)24(28,29)30)10-39-4-3-19(37)35-8-14(2)36-17(9-35)12-40-11-15-5-16(23(25,26)27)6-31-21(15)36/h5-7,13-14,17H,3-4,8-12H2,1-2H3,(H2,33,34,38)/t13-,14+,17+/m0/s1. The molecule has 4 heterocycles. The van der Waals surface area contributed by atoms with E-state index in [1.54, 1.807) is 16.9 Å². The third-order valence-electron chi connectivity index (χ3n) is 6.59. The first kappa shape index (κ1) is 29.6. The highest BCUT2D eigenvalue weighted by atomic mass is 19.4. The smallest absolute Gasteiger partial charge is 0.379 e. The molecule has 1 fully saturated rings. The summed E-state index contributed by atoms with van der Waals surface area (Å²) in [5, 5.41) is 7.72. The quantitative estimate of drug-likeness (QED) is 0.381. The zero-order valence-corrected chi connectivity index (χ0v) is 21.6. The number of nitrogens with one attached hydrogen (secondary N) is 2. The second-order valence-corrected chi connectivity index (χ2v) is 9.78. The molecular weight excluding hydrogens is 550 g/mol. The largest absolute Gasteiger partial charge is 0.423 e. The first-order chi connectivity index (χ1) is 18.8. The lowest BCUT2D eigenvalue weighted by atomic mass is 10.1. The maximum absolute atomic E-state index is 13.2. The van der Waals surface area contributed by atoms with Crippen LogP contribution in [0.2, 0.25) is 0 Å². The Bertz CT molecular complexity index is 1270. The van der Waals surface area contributed by atoms with Gasteiger partial charge in [-0.3, -0.25) is 9.59 Å². The van der Waals surface area contributed by atoms with Gasteiger partial charge >= 0.3 is 12.4 Å². The van der Waals surface area contributed by atoms with Crippen molar-refractivity contribution in [2.75, 3.05) is 43.1 Å². The van der Waals surface area contributed by atoms with E-state index in [-0.39, 0.29) is 57.4 Å². The summed E-state index contributed by atoms with van der Waals surface area (Å²) in [4.78, 5) is 32.1. The molecular formula is C24H28F6N6O4. The van der Waals surface area contributed by atoms with E-state index in [2.05, 4.69) is 15.4 Å². The van der Waals surface area contributed by atoms with Crippen molar-refractivity contribution < 1.29 is 40.6 Å². The van der Waals surface area contributed by atoms with Crippen LogP contribution < -0.4 is 15.8 Å². The van der Waals surface area contributed by atoms with Gasteiger partial charge in [-0.2, -0.15) is 31.4 Å². The molecule has 0 aliphatic carbocycles. The molecule has 220 valence electrons. The predicted octanol–water partition coefficient (Wildman–Crippen LogP) is 3.05. The molecule has 3 atom stereocenters. The number of hydrogen-bond donors (Lipinski definition) is 2. The average Bonchev–Trinajstić information content (AvgIpc) is 3.04. The van der Waals surface area contributed by atoms with E-state index in [9.17, 15) is 35.9 Å². The van der Waals surface area contributed by atoms with Crippen LogP contribution in [0.5, 0.6) is 0 Å². The molecule has 2 aliphatic heterocycles. The normalized spacial score (nSPS) is 20.4. The SMILES string of the molecule is C[C@@H]1CN(C(=O)CCOC[C@H](C)Nc2cn[nH]c(=O)c2C(F)(F)F)C[C@@H]2COCc3cc(C(F)(F)F)cnc3N21. The number of carbonyl (C=O) groups is 1. The zero-order valence-electron chi connectivity index (χ0n) is 21.6. The second kappa shape index (κ2) is 11.6. The van der Waals surface area contributed by atoms with Crippen molar-refractivity contribution in [2.45, 2.75) is 57.4 Å². The highest BCUT2D eigenvalue weighted by Gasteiger charge is 2.40. The molecule has 2 aliphatic rings. The topological polar surface area (TPSA) is 113 Å². The van der Waals surface area contributed by atoms with Crippen molar-refractivity contribution >= 4 is 17.4 Å². The van der Waals surface area contributed by atoms with Crippen LogP contribution in [0.15, 0.2) is 23.3 Å². The van der Waals surface area contributed by atoms with E-state index in [0.717, 1.165) is 18.5 Å². The Morgan fingerprint density at radius 2 is 1.98 bits per heavy atom. The van der Waals surface area contributed by atoms with Gasteiger partial charge in [-0.25, -0.2) is 10.1 Å². The first-order valence-electron chi connectivity index (χ1n) is 12.4. The maximum Gasteiger partial charge on any atom is 0.423 e. The van der Waals surface area contributed by atoms with E-state index < -0.39 is 40.8 Å². The van der Waals surface area contributed by atoms with Crippen LogP contribution in [-0.4, -0.2) is 77.0 Å². The third kappa shape index (κ3) is 6.66. The minimum absolute atomic E-state index is 0.00493. The molecule has 0 radical (unpaired) electrons. The third-order valence-corrected chi connectivity index (χ3v) is 6.59. The van der Waals surface area contributed by atoms with Gasteiger partial charge in [-0.1, -0.05) is 0 Å². The fourth-order valence-corrected chi connectivity index (χ4v) is 4.88. The lowest BCUT2D eigenvalue weighted by Crippen LogP contribution is -2.60. The Morgan fingerprint density at radius 1 is 1.23 bits per heavy atom. The summed E-state index contributed by atoms with van der Waals surface area (Å²) in [5.74, 6) is 0.194. The number of halogens is 6. The van der Waals surface area contributed by atoms with E-state index in [1.807, 2.05) is 11.8 Å². The molecule has 0 aromatic carbocycles. The maximum atomic E-state index is 13.2. The molecule has 4 rings (SSSR count). The van der Waals surface area contributed by atoms with E-state index in [4.69, 9.17) is 9.47 Å². The van der Waals surface area contributed by atoms with Gasteiger partial charge in [0.1, 0.15) is 11.4 Å². The van der Waals surface area contributed by atoms with Gasteiger partial charge in [-0.15, -0.1) is 0 Å². The summed E-state index contributed by atoms with van der Waals surface area (Å²) in [7, 11) is 0. The summed E-state index contributed by atoms with van der Waals surface area (Å²) in [6.45, 7) is 4.12. The Labute approximate surface area is 224 Å². The minimum Gasteiger partial charge on any atom is -0.379 e. The van der Waals surface area contributed by atoms with Crippen LogP contribution in [0, 0.1) is 0 Å². The Kier molecular flexibility index (Phi) is 8.58. The molecule has 0 unspecified atom stereocenters.